The minimum atomic E-state index is -1.42. The first-order valence-electron chi connectivity index (χ1n) is 14.2. The predicted octanol–water partition coefficient (Wildman–Crippen LogP) is 1.43. The first kappa shape index (κ1) is 31.8. The van der Waals surface area contributed by atoms with Gasteiger partial charge in [-0.25, -0.2) is 4.79 Å². The highest BCUT2D eigenvalue weighted by Gasteiger charge is 2.32. The molecule has 9 N–H and O–H groups in total. The number of rotatable bonds is 14. The summed E-state index contributed by atoms with van der Waals surface area (Å²) in [6.07, 6.45) is 2.77. The molecule has 0 saturated heterocycles. The van der Waals surface area contributed by atoms with Crippen LogP contribution in [0.4, 0.5) is 0 Å². The molecule has 0 spiro atoms. The van der Waals surface area contributed by atoms with Gasteiger partial charge in [0, 0.05) is 47.0 Å². The van der Waals surface area contributed by atoms with Gasteiger partial charge >= 0.3 is 11.9 Å². The first-order valence-corrected chi connectivity index (χ1v) is 14.2. The van der Waals surface area contributed by atoms with Crippen LogP contribution in [-0.2, 0) is 36.8 Å². The topological polar surface area (TPSA) is 219 Å². The van der Waals surface area contributed by atoms with Crippen molar-refractivity contribution in [2.24, 2.45) is 11.7 Å². The Labute approximate surface area is 252 Å². The Balaban J connectivity index is 1.65. The van der Waals surface area contributed by atoms with Crippen LogP contribution in [0.1, 0.15) is 31.4 Å². The van der Waals surface area contributed by atoms with Gasteiger partial charge in [0.2, 0.25) is 17.7 Å². The number of nitrogens with two attached hydrogens (primary N) is 1. The standard InChI is InChI=1S/C31H36N6O7/c1-16(2)27(31(43)44)37-30(42)25(12-18-15-34-23-10-6-4-8-20(18)23)36-29(41)24(35-28(40)21(32)13-26(38)39)11-17-14-33-22-9-5-3-7-19(17)22/h3-10,14-16,21,24-25,27,33-34H,11-13,32H2,1-2H3,(H,35,40)(H,36,41)(H,37,42)(H,38,39)(H,43,44). The van der Waals surface area contributed by atoms with Crippen molar-refractivity contribution in [1.29, 1.82) is 0 Å². The van der Waals surface area contributed by atoms with Gasteiger partial charge in [-0.1, -0.05) is 50.2 Å². The Kier molecular flexibility index (Phi) is 10.0. The number of aliphatic carboxylic acids is 2. The van der Waals surface area contributed by atoms with Crippen molar-refractivity contribution < 1.29 is 34.2 Å². The summed E-state index contributed by atoms with van der Waals surface area (Å²) >= 11 is 0. The second kappa shape index (κ2) is 13.9. The van der Waals surface area contributed by atoms with Crippen molar-refractivity contribution in [1.82, 2.24) is 25.9 Å². The van der Waals surface area contributed by atoms with Crippen LogP contribution in [0.5, 0.6) is 0 Å². The van der Waals surface area contributed by atoms with Crippen LogP contribution in [0, 0.1) is 5.92 Å². The van der Waals surface area contributed by atoms with E-state index < -0.39 is 66.2 Å². The number of carbonyl (C=O) groups excluding carboxylic acids is 3. The van der Waals surface area contributed by atoms with Gasteiger partial charge in [-0.05, 0) is 29.2 Å². The molecule has 4 rings (SSSR count). The van der Waals surface area contributed by atoms with Crippen LogP contribution >= 0.6 is 0 Å². The molecule has 13 nitrogen and oxygen atoms in total. The summed E-state index contributed by atoms with van der Waals surface area (Å²) in [6.45, 7) is 3.30. The molecule has 4 atom stereocenters. The SMILES string of the molecule is CC(C)C(NC(=O)C(Cc1c[nH]c2ccccc12)NC(=O)C(Cc1c[nH]c2ccccc12)NC(=O)C(N)CC(=O)O)C(=O)O. The number of carboxylic acid groups (broad SMARTS) is 2. The van der Waals surface area contributed by atoms with E-state index in [9.17, 15) is 29.1 Å². The lowest BCUT2D eigenvalue weighted by molar-refractivity contribution is -0.143. The van der Waals surface area contributed by atoms with Gasteiger partial charge in [-0.15, -0.1) is 0 Å². The molecule has 3 amide bonds. The third-order valence-electron chi connectivity index (χ3n) is 7.43. The van der Waals surface area contributed by atoms with Crippen LogP contribution in [0.3, 0.4) is 0 Å². The molecule has 0 aliphatic carbocycles. The fourth-order valence-electron chi connectivity index (χ4n) is 5.06. The maximum Gasteiger partial charge on any atom is 0.326 e. The van der Waals surface area contributed by atoms with Crippen LogP contribution < -0.4 is 21.7 Å². The average Bonchev–Trinajstić information content (AvgIpc) is 3.58. The number of H-pyrrole nitrogens is 2. The zero-order valence-electron chi connectivity index (χ0n) is 24.3. The first-order chi connectivity index (χ1) is 20.9. The number of fused-ring (bicyclic) bond motifs is 2. The Hall–Kier alpha value is -5.17. The number of hydrogen-bond acceptors (Lipinski definition) is 6. The Bertz CT molecular complexity index is 1680. The van der Waals surface area contributed by atoms with E-state index in [4.69, 9.17) is 10.8 Å². The molecular weight excluding hydrogens is 568 g/mol. The van der Waals surface area contributed by atoms with Gasteiger partial charge in [0.25, 0.3) is 0 Å². The molecule has 4 unspecified atom stereocenters. The highest BCUT2D eigenvalue weighted by atomic mass is 16.4. The van der Waals surface area contributed by atoms with E-state index in [-0.39, 0.29) is 12.8 Å². The molecule has 2 aromatic heterocycles. The lowest BCUT2D eigenvalue weighted by Crippen LogP contribution is -2.58. The van der Waals surface area contributed by atoms with Crippen LogP contribution in [0.2, 0.25) is 0 Å². The fourth-order valence-corrected chi connectivity index (χ4v) is 5.06. The van der Waals surface area contributed by atoms with Gasteiger partial charge < -0.3 is 41.9 Å². The van der Waals surface area contributed by atoms with Gasteiger partial charge in [0.1, 0.15) is 18.1 Å². The Morgan fingerprint density at radius 3 is 1.64 bits per heavy atom. The number of aromatic amines is 2. The third-order valence-corrected chi connectivity index (χ3v) is 7.43. The van der Waals surface area contributed by atoms with E-state index in [0.717, 1.165) is 21.8 Å². The van der Waals surface area contributed by atoms with Crippen molar-refractivity contribution in [2.75, 3.05) is 0 Å². The number of nitrogens with one attached hydrogen (secondary N) is 5. The van der Waals surface area contributed by atoms with E-state index in [2.05, 4.69) is 25.9 Å². The Morgan fingerprint density at radius 2 is 1.18 bits per heavy atom. The van der Waals surface area contributed by atoms with Crippen LogP contribution in [0.15, 0.2) is 60.9 Å². The van der Waals surface area contributed by atoms with E-state index in [1.54, 1.807) is 26.2 Å². The molecule has 13 heteroatoms. The summed E-state index contributed by atoms with van der Waals surface area (Å²) in [5.74, 6) is -5.24. The molecule has 0 aliphatic rings. The molecular formula is C31H36N6O7. The van der Waals surface area contributed by atoms with E-state index in [1.807, 2.05) is 48.5 Å². The lowest BCUT2D eigenvalue weighted by Gasteiger charge is -2.26. The predicted molar refractivity (Wildman–Crippen MR) is 162 cm³/mol. The molecule has 4 aromatic rings. The van der Waals surface area contributed by atoms with Crippen LogP contribution in [0.25, 0.3) is 21.8 Å². The second-order valence-corrected chi connectivity index (χ2v) is 11.0. The minimum Gasteiger partial charge on any atom is -0.481 e. The van der Waals surface area contributed by atoms with Crippen molar-refractivity contribution in [3.05, 3.63) is 72.1 Å². The van der Waals surface area contributed by atoms with Crippen molar-refractivity contribution in [2.45, 2.75) is 57.3 Å². The van der Waals surface area contributed by atoms with E-state index >= 15 is 0 Å². The van der Waals surface area contributed by atoms with Gasteiger partial charge in [-0.2, -0.15) is 0 Å². The van der Waals surface area contributed by atoms with Gasteiger partial charge in [0.15, 0.2) is 0 Å². The lowest BCUT2D eigenvalue weighted by atomic mass is 10.00. The summed E-state index contributed by atoms with van der Waals surface area (Å²) in [7, 11) is 0. The number of amides is 3. The summed E-state index contributed by atoms with van der Waals surface area (Å²) in [5.41, 5.74) is 8.80. The minimum absolute atomic E-state index is 0.00739. The molecule has 44 heavy (non-hydrogen) atoms. The quantitative estimate of drug-likeness (QED) is 0.105. The zero-order valence-corrected chi connectivity index (χ0v) is 24.3. The number of para-hydroxylation sites is 2. The van der Waals surface area contributed by atoms with Crippen molar-refractivity contribution >= 4 is 51.5 Å². The number of benzene rings is 2. The molecule has 0 fully saturated rings. The third kappa shape index (κ3) is 7.61. The zero-order chi connectivity index (χ0) is 32.0. The second-order valence-electron chi connectivity index (χ2n) is 11.0. The van der Waals surface area contributed by atoms with Gasteiger partial charge in [0.05, 0.1) is 12.5 Å². The average molecular weight is 605 g/mol. The Morgan fingerprint density at radius 1 is 0.727 bits per heavy atom. The molecule has 0 aliphatic heterocycles. The molecule has 0 radical (unpaired) electrons. The molecule has 232 valence electrons. The maximum atomic E-state index is 13.8. The number of hydrogen-bond donors (Lipinski definition) is 8. The molecule has 2 aromatic carbocycles. The normalized spacial score (nSPS) is 14.1. The van der Waals surface area contributed by atoms with Crippen molar-refractivity contribution in [3.8, 4) is 0 Å². The number of aromatic nitrogens is 2. The highest BCUT2D eigenvalue weighted by Crippen LogP contribution is 2.21. The van der Waals surface area contributed by atoms with Gasteiger partial charge in [-0.3, -0.25) is 19.2 Å². The molecule has 0 bridgehead atoms. The number of carboxylic acids is 2. The smallest absolute Gasteiger partial charge is 0.326 e. The van der Waals surface area contributed by atoms with E-state index in [1.165, 1.54) is 0 Å². The number of carbonyl (C=O) groups is 5. The largest absolute Gasteiger partial charge is 0.481 e. The molecule has 2 heterocycles. The maximum absolute atomic E-state index is 13.8. The summed E-state index contributed by atoms with van der Waals surface area (Å²) in [5, 5.41) is 28.2. The monoisotopic (exact) mass is 604 g/mol. The summed E-state index contributed by atoms with van der Waals surface area (Å²) < 4.78 is 0. The molecule has 0 saturated carbocycles. The van der Waals surface area contributed by atoms with Crippen molar-refractivity contribution in [3.63, 3.8) is 0 Å². The summed E-state index contributed by atoms with van der Waals surface area (Å²) in [4.78, 5) is 69.5. The van der Waals surface area contributed by atoms with Crippen LogP contribution in [-0.4, -0.2) is 74.0 Å². The highest BCUT2D eigenvalue weighted by molar-refractivity contribution is 5.96. The fraction of sp³-hybridized carbons (Fsp3) is 0.323. The van der Waals surface area contributed by atoms with E-state index in [0.29, 0.717) is 11.1 Å². The summed E-state index contributed by atoms with van der Waals surface area (Å²) in [6, 6.07) is 9.66.